The van der Waals surface area contributed by atoms with E-state index >= 15 is 0 Å². The summed E-state index contributed by atoms with van der Waals surface area (Å²) in [5.41, 5.74) is 6.54. The van der Waals surface area contributed by atoms with Crippen LogP contribution >= 0.6 is 0 Å². The fourth-order valence-electron chi connectivity index (χ4n) is 5.28. The van der Waals surface area contributed by atoms with Crippen molar-refractivity contribution >= 4 is 23.9 Å². The highest BCUT2D eigenvalue weighted by Gasteiger charge is 2.24. The molecule has 0 heterocycles. The van der Waals surface area contributed by atoms with Crippen molar-refractivity contribution in [2.75, 3.05) is 28.4 Å². The third-order valence-corrected chi connectivity index (χ3v) is 7.41. The maximum Gasteiger partial charge on any atom is 0.338 e. The zero-order valence-electron chi connectivity index (χ0n) is 23.1. The van der Waals surface area contributed by atoms with Crippen molar-refractivity contribution in [3.8, 4) is 0 Å². The quantitative estimate of drug-likeness (QED) is 0.349. The largest absolute Gasteiger partial charge is 0.465 e. The van der Waals surface area contributed by atoms with Gasteiger partial charge in [-0.3, -0.25) is 0 Å². The molecule has 0 amide bonds. The van der Waals surface area contributed by atoms with Crippen LogP contribution in [0.4, 0.5) is 0 Å². The average Bonchev–Trinajstić information content (AvgIpc) is 2.99. The van der Waals surface area contributed by atoms with Gasteiger partial charge < -0.3 is 18.9 Å². The van der Waals surface area contributed by atoms with E-state index in [1.165, 1.54) is 39.6 Å². The molecule has 8 nitrogen and oxygen atoms in total. The van der Waals surface area contributed by atoms with Gasteiger partial charge in [-0.15, -0.1) is 0 Å². The Morgan fingerprint density at radius 1 is 0.425 bits per heavy atom. The van der Waals surface area contributed by atoms with Gasteiger partial charge in [0.05, 0.1) is 50.7 Å². The van der Waals surface area contributed by atoms with Crippen molar-refractivity contribution in [2.24, 2.45) is 0 Å². The van der Waals surface area contributed by atoms with E-state index < -0.39 is 23.9 Å². The number of benzene rings is 3. The van der Waals surface area contributed by atoms with Gasteiger partial charge in [0.1, 0.15) is 0 Å². The number of fused-ring (bicyclic) bond motifs is 3. The van der Waals surface area contributed by atoms with Gasteiger partial charge in [0.15, 0.2) is 0 Å². The number of methoxy groups -OCH3 is 4. The molecule has 0 saturated carbocycles. The van der Waals surface area contributed by atoms with Gasteiger partial charge in [-0.2, -0.15) is 0 Å². The summed E-state index contributed by atoms with van der Waals surface area (Å²) >= 11 is 0. The molecule has 1 aliphatic rings. The van der Waals surface area contributed by atoms with E-state index in [4.69, 9.17) is 18.9 Å². The molecule has 0 unspecified atom stereocenters. The van der Waals surface area contributed by atoms with E-state index in [1.54, 1.807) is 24.3 Å². The SMILES string of the molecule is COC(=O)c1cc2c(cc1C(=O)OC)CCc1cc(C(=O)OC)c(C(=O)OC)cc1CCc1ccccc1CC2. The first kappa shape index (κ1) is 28.5. The van der Waals surface area contributed by atoms with Crippen LogP contribution in [0.15, 0.2) is 48.5 Å². The number of aryl methyl sites for hydroxylation is 6. The molecule has 0 saturated heterocycles. The zero-order valence-corrected chi connectivity index (χ0v) is 23.1. The van der Waals surface area contributed by atoms with E-state index in [0.29, 0.717) is 25.7 Å². The molecule has 0 bridgehead atoms. The molecular formula is C32H32O8. The van der Waals surface area contributed by atoms with Gasteiger partial charge in [0.25, 0.3) is 0 Å². The Bertz CT molecular complexity index is 1360. The lowest BCUT2D eigenvalue weighted by Crippen LogP contribution is -2.16. The molecule has 208 valence electrons. The van der Waals surface area contributed by atoms with Gasteiger partial charge in [-0.25, -0.2) is 19.2 Å². The highest BCUT2D eigenvalue weighted by molar-refractivity contribution is 6.04. The molecular weight excluding hydrogens is 512 g/mol. The summed E-state index contributed by atoms with van der Waals surface area (Å²) in [5, 5.41) is 0. The monoisotopic (exact) mass is 544 g/mol. The van der Waals surface area contributed by atoms with E-state index in [1.807, 2.05) is 12.1 Å². The summed E-state index contributed by atoms with van der Waals surface area (Å²) in [6.45, 7) is 0. The molecule has 0 atom stereocenters. The lowest BCUT2D eigenvalue weighted by molar-refractivity contribution is 0.0555. The second-order valence-electron chi connectivity index (χ2n) is 9.57. The first-order valence-corrected chi connectivity index (χ1v) is 13.0. The Morgan fingerprint density at radius 3 is 0.875 bits per heavy atom. The molecule has 3 aromatic carbocycles. The molecule has 40 heavy (non-hydrogen) atoms. The van der Waals surface area contributed by atoms with Crippen LogP contribution in [0.2, 0.25) is 0 Å². The summed E-state index contributed by atoms with van der Waals surface area (Å²) in [7, 11) is 5.09. The molecule has 8 heteroatoms. The minimum atomic E-state index is -0.629. The molecule has 4 rings (SSSR count). The minimum Gasteiger partial charge on any atom is -0.465 e. The van der Waals surface area contributed by atoms with Crippen LogP contribution in [0.5, 0.6) is 0 Å². The summed E-state index contributed by atoms with van der Waals surface area (Å²) in [4.78, 5) is 50.5. The summed E-state index contributed by atoms with van der Waals surface area (Å²) in [5.74, 6) is -2.48. The van der Waals surface area contributed by atoms with Crippen molar-refractivity contribution in [3.63, 3.8) is 0 Å². The Balaban J connectivity index is 1.91. The van der Waals surface area contributed by atoms with Crippen LogP contribution in [0.1, 0.15) is 74.8 Å². The molecule has 1 aliphatic carbocycles. The number of esters is 4. The number of carbonyl (C=O) groups excluding carboxylic acids is 4. The summed E-state index contributed by atoms with van der Waals surface area (Å²) < 4.78 is 19.8. The molecule has 0 aromatic heterocycles. The Morgan fingerprint density at radius 2 is 0.650 bits per heavy atom. The van der Waals surface area contributed by atoms with Gasteiger partial charge >= 0.3 is 23.9 Å². The number of hydrogen-bond acceptors (Lipinski definition) is 8. The highest BCUT2D eigenvalue weighted by Crippen LogP contribution is 2.28. The van der Waals surface area contributed by atoms with Crippen LogP contribution in [-0.2, 0) is 57.5 Å². The highest BCUT2D eigenvalue weighted by atomic mass is 16.5. The molecule has 0 spiro atoms. The van der Waals surface area contributed by atoms with Gasteiger partial charge in [-0.05, 0) is 96.2 Å². The lowest BCUT2D eigenvalue weighted by atomic mass is 9.86. The Hall–Kier alpha value is -4.46. The Kier molecular flexibility index (Phi) is 8.99. The molecule has 3 aromatic rings. The van der Waals surface area contributed by atoms with E-state index in [9.17, 15) is 19.2 Å². The number of hydrogen-bond donors (Lipinski definition) is 0. The third kappa shape index (κ3) is 5.91. The predicted octanol–water partition coefficient (Wildman–Crippen LogP) is 4.50. The lowest BCUT2D eigenvalue weighted by Gasteiger charge is -2.19. The van der Waals surface area contributed by atoms with E-state index in [2.05, 4.69) is 12.1 Å². The molecule has 0 radical (unpaired) electrons. The zero-order chi connectivity index (χ0) is 28.8. The molecule has 0 fully saturated rings. The van der Waals surface area contributed by atoms with Gasteiger partial charge in [0.2, 0.25) is 0 Å². The smallest absolute Gasteiger partial charge is 0.338 e. The second-order valence-corrected chi connectivity index (χ2v) is 9.57. The van der Waals surface area contributed by atoms with E-state index in [0.717, 1.165) is 35.1 Å². The van der Waals surface area contributed by atoms with Crippen LogP contribution < -0.4 is 0 Å². The molecule has 0 N–H and O–H groups in total. The van der Waals surface area contributed by atoms with Gasteiger partial charge in [-0.1, -0.05) is 24.3 Å². The van der Waals surface area contributed by atoms with Crippen LogP contribution in [0, 0.1) is 0 Å². The average molecular weight is 545 g/mol. The number of rotatable bonds is 4. The van der Waals surface area contributed by atoms with Crippen molar-refractivity contribution in [2.45, 2.75) is 38.5 Å². The normalized spacial score (nSPS) is 12.8. The predicted molar refractivity (Wildman–Crippen MR) is 147 cm³/mol. The van der Waals surface area contributed by atoms with Crippen molar-refractivity contribution in [1.29, 1.82) is 0 Å². The standard InChI is InChI=1S/C32H32O8/c1-37-29(33)25-15-21-11-9-19-7-5-6-8-20(19)10-12-22-16-26(30(34)38-2)28(32(36)40-4)18-24(22)14-13-23(21)17-27(25)31(35)39-3/h5-8,15-18H,9-14H2,1-4H3. The first-order valence-electron chi connectivity index (χ1n) is 13.0. The topological polar surface area (TPSA) is 105 Å². The number of ether oxygens (including phenoxy) is 4. The van der Waals surface area contributed by atoms with E-state index in [-0.39, 0.29) is 22.3 Å². The number of carbonyl (C=O) groups is 4. The van der Waals surface area contributed by atoms with Crippen LogP contribution in [0.3, 0.4) is 0 Å². The summed E-state index contributed by atoms with van der Waals surface area (Å²) in [6, 6.07) is 15.0. The van der Waals surface area contributed by atoms with Gasteiger partial charge in [0, 0.05) is 0 Å². The second kappa shape index (κ2) is 12.6. The fraction of sp³-hybridized carbons (Fsp3) is 0.312. The van der Waals surface area contributed by atoms with Crippen LogP contribution in [0.25, 0.3) is 0 Å². The van der Waals surface area contributed by atoms with Crippen molar-refractivity contribution < 1.29 is 38.1 Å². The maximum atomic E-state index is 12.6. The van der Waals surface area contributed by atoms with Crippen molar-refractivity contribution in [1.82, 2.24) is 0 Å². The van der Waals surface area contributed by atoms with Crippen LogP contribution in [-0.4, -0.2) is 52.3 Å². The fourth-order valence-corrected chi connectivity index (χ4v) is 5.28. The van der Waals surface area contributed by atoms with Crippen molar-refractivity contribution in [3.05, 3.63) is 104 Å². The summed E-state index contributed by atoms with van der Waals surface area (Å²) in [6.07, 6.45) is 3.83. The molecule has 0 aliphatic heterocycles. The first-order chi connectivity index (χ1) is 19.3. The third-order valence-electron chi connectivity index (χ3n) is 7.41. The maximum absolute atomic E-state index is 12.6. The minimum absolute atomic E-state index is 0.136. The Labute approximate surface area is 233 Å².